The van der Waals surface area contributed by atoms with E-state index in [9.17, 15) is 4.79 Å². The van der Waals surface area contributed by atoms with Crippen molar-refractivity contribution in [1.29, 1.82) is 0 Å². The van der Waals surface area contributed by atoms with Crippen LogP contribution in [-0.2, 0) is 4.79 Å². The molecule has 1 rings (SSSR count). The quantitative estimate of drug-likeness (QED) is 0.615. The van der Waals surface area contributed by atoms with Gasteiger partial charge in [-0.2, -0.15) is 0 Å². The first-order valence-electron chi connectivity index (χ1n) is 5.29. The first-order chi connectivity index (χ1) is 6.10. The zero-order valence-electron chi connectivity index (χ0n) is 9.05. The lowest BCUT2D eigenvalue weighted by molar-refractivity contribution is -0.120. The van der Waals surface area contributed by atoms with Crippen LogP contribution in [0.3, 0.4) is 0 Å². The molecule has 1 aliphatic heterocycles. The van der Waals surface area contributed by atoms with E-state index in [1.54, 1.807) is 0 Å². The maximum atomic E-state index is 10.6. The molecule has 0 aromatic rings. The van der Waals surface area contributed by atoms with Crippen molar-refractivity contribution in [2.75, 3.05) is 13.1 Å². The molecule has 13 heavy (non-hydrogen) atoms. The number of nitrogens with zero attached hydrogens (tertiary/aromatic N) is 1. The van der Waals surface area contributed by atoms with Crippen molar-refractivity contribution < 1.29 is 4.79 Å². The minimum atomic E-state index is 0.391. The molecule has 2 nitrogen and oxygen atoms in total. The van der Waals surface area contributed by atoms with Crippen LogP contribution in [0.15, 0.2) is 0 Å². The van der Waals surface area contributed by atoms with Crippen LogP contribution in [0.5, 0.6) is 0 Å². The van der Waals surface area contributed by atoms with E-state index in [1.165, 1.54) is 19.3 Å². The van der Waals surface area contributed by atoms with Gasteiger partial charge < -0.3 is 4.90 Å². The number of amides is 1. The number of hydrogen-bond donors (Lipinski definition) is 0. The van der Waals surface area contributed by atoms with Gasteiger partial charge in [0.2, 0.25) is 6.41 Å². The summed E-state index contributed by atoms with van der Waals surface area (Å²) in [7, 11) is 0. The predicted octanol–water partition coefficient (Wildman–Crippen LogP) is 2.29. The van der Waals surface area contributed by atoms with E-state index in [4.69, 9.17) is 0 Å². The largest absolute Gasteiger partial charge is 0.345 e. The lowest BCUT2D eigenvalue weighted by Gasteiger charge is -2.39. The molecule has 2 heteroatoms. The van der Waals surface area contributed by atoms with Crippen molar-refractivity contribution in [1.82, 2.24) is 4.90 Å². The maximum absolute atomic E-state index is 10.6. The van der Waals surface area contributed by atoms with Gasteiger partial charge in [-0.25, -0.2) is 0 Å². The molecule has 0 aromatic heterocycles. The Balaban J connectivity index is 2.55. The lowest BCUT2D eigenvalue weighted by Crippen LogP contribution is -2.40. The molecule has 0 saturated carbocycles. The van der Waals surface area contributed by atoms with Gasteiger partial charge in [-0.3, -0.25) is 4.79 Å². The van der Waals surface area contributed by atoms with Gasteiger partial charge >= 0.3 is 0 Å². The number of hydrogen-bond acceptors (Lipinski definition) is 1. The molecule has 0 aromatic carbocycles. The second-order valence-corrected chi connectivity index (χ2v) is 4.78. The Morgan fingerprint density at radius 1 is 1.54 bits per heavy atom. The molecule has 0 spiro atoms. The number of carbonyl (C=O) groups is 1. The van der Waals surface area contributed by atoms with Crippen molar-refractivity contribution in [2.45, 2.75) is 40.0 Å². The minimum Gasteiger partial charge on any atom is -0.345 e. The van der Waals surface area contributed by atoms with Gasteiger partial charge in [0, 0.05) is 13.1 Å². The van der Waals surface area contributed by atoms with Crippen LogP contribution < -0.4 is 0 Å². The van der Waals surface area contributed by atoms with Crippen LogP contribution in [0.4, 0.5) is 0 Å². The Morgan fingerprint density at radius 2 is 2.23 bits per heavy atom. The van der Waals surface area contributed by atoms with E-state index in [0.717, 1.165) is 19.5 Å². The molecule has 0 radical (unpaired) electrons. The number of likely N-dealkylation sites (tertiary alicyclic amines) is 1. The van der Waals surface area contributed by atoms with E-state index in [0.29, 0.717) is 11.3 Å². The van der Waals surface area contributed by atoms with E-state index >= 15 is 0 Å². The van der Waals surface area contributed by atoms with Crippen molar-refractivity contribution in [3.05, 3.63) is 0 Å². The fourth-order valence-electron chi connectivity index (χ4n) is 2.03. The normalized spacial score (nSPS) is 24.5. The van der Waals surface area contributed by atoms with Crippen LogP contribution in [0, 0.1) is 11.3 Å². The summed E-state index contributed by atoms with van der Waals surface area (Å²) in [6.07, 6.45) is 4.65. The Labute approximate surface area is 81.3 Å². The molecular weight excluding hydrogens is 162 g/mol. The van der Waals surface area contributed by atoms with Crippen molar-refractivity contribution in [3.8, 4) is 0 Å². The number of piperidine rings is 1. The lowest BCUT2D eigenvalue weighted by atomic mass is 9.73. The number of rotatable bonds is 3. The zero-order valence-corrected chi connectivity index (χ0v) is 9.05. The van der Waals surface area contributed by atoms with Crippen LogP contribution in [0.25, 0.3) is 0 Å². The summed E-state index contributed by atoms with van der Waals surface area (Å²) < 4.78 is 0. The van der Waals surface area contributed by atoms with Crippen LogP contribution in [0.1, 0.15) is 40.0 Å². The molecule has 0 N–H and O–H groups in total. The summed E-state index contributed by atoms with van der Waals surface area (Å²) in [4.78, 5) is 12.6. The zero-order chi connectivity index (χ0) is 9.90. The van der Waals surface area contributed by atoms with E-state index in [-0.39, 0.29) is 0 Å². The molecular formula is C11H21NO. The number of carbonyl (C=O) groups excluding carboxylic acids is 1. The van der Waals surface area contributed by atoms with Gasteiger partial charge in [0.25, 0.3) is 0 Å². The molecule has 1 fully saturated rings. The first kappa shape index (κ1) is 10.6. The molecule has 1 amide bonds. The monoisotopic (exact) mass is 183 g/mol. The summed E-state index contributed by atoms with van der Waals surface area (Å²) in [5.74, 6) is 0.691. The Bertz CT molecular complexity index is 177. The van der Waals surface area contributed by atoms with Gasteiger partial charge in [0.1, 0.15) is 0 Å². The van der Waals surface area contributed by atoms with E-state index < -0.39 is 0 Å². The molecule has 1 heterocycles. The van der Waals surface area contributed by atoms with Crippen LogP contribution in [0.2, 0.25) is 0 Å². The molecule has 0 bridgehead atoms. The van der Waals surface area contributed by atoms with Crippen molar-refractivity contribution >= 4 is 6.41 Å². The molecule has 1 unspecified atom stereocenters. The highest BCUT2D eigenvalue weighted by Crippen LogP contribution is 2.35. The van der Waals surface area contributed by atoms with E-state index in [1.807, 2.05) is 4.90 Å². The summed E-state index contributed by atoms with van der Waals surface area (Å²) in [5, 5.41) is 0. The van der Waals surface area contributed by atoms with Gasteiger partial charge in [0.05, 0.1) is 0 Å². The fraction of sp³-hybridized carbons (Fsp3) is 0.909. The van der Waals surface area contributed by atoms with Crippen molar-refractivity contribution in [2.24, 2.45) is 11.3 Å². The van der Waals surface area contributed by atoms with Crippen molar-refractivity contribution in [3.63, 3.8) is 0 Å². The Kier molecular flexibility index (Phi) is 3.34. The standard InChI is InChI=1S/C11H21NO/c1-4-11(2,3)10-6-5-7-12(8-10)9-13/h9-10H,4-8H2,1-3H3. The third-order valence-electron chi connectivity index (χ3n) is 3.62. The summed E-state index contributed by atoms with van der Waals surface area (Å²) in [5.41, 5.74) is 0.391. The van der Waals surface area contributed by atoms with Gasteiger partial charge in [-0.15, -0.1) is 0 Å². The summed E-state index contributed by atoms with van der Waals surface area (Å²) >= 11 is 0. The SMILES string of the molecule is CCC(C)(C)C1CCCN(C=O)C1. The highest BCUT2D eigenvalue weighted by Gasteiger charge is 2.31. The smallest absolute Gasteiger partial charge is 0.209 e. The summed E-state index contributed by atoms with van der Waals surface area (Å²) in [6.45, 7) is 8.78. The van der Waals surface area contributed by atoms with Gasteiger partial charge in [-0.05, 0) is 24.2 Å². The van der Waals surface area contributed by atoms with Gasteiger partial charge in [-0.1, -0.05) is 27.2 Å². The second-order valence-electron chi connectivity index (χ2n) is 4.78. The molecule has 1 atom stereocenters. The third-order valence-corrected chi connectivity index (χ3v) is 3.62. The van der Waals surface area contributed by atoms with E-state index in [2.05, 4.69) is 20.8 Å². The third kappa shape index (κ3) is 2.45. The maximum Gasteiger partial charge on any atom is 0.209 e. The average molecular weight is 183 g/mol. The highest BCUT2D eigenvalue weighted by atomic mass is 16.1. The predicted molar refractivity (Wildman–Crippen MR) is 54.4 cm³/mol. The highest BCUT2D eigenvalue weighted by molar-refractivity contribution is 5.47. The topological polar surface area (TPSA) is 20.3 Å². The molecule has 76 valence electrons. The minimum absolute atomic E-state index is 0.391. The Hall–Kier alpha value is -0.530. The second kappa shape index (κ2) is 4.12. The first-order valence-corrected chi connectivity index (χ1v) is 5.29. The molecule has 0 aliphatic carbocycles. The van der Waals surface area contributed by atoms with Crippen LogP contribution in [-0.4, -0.2) is 24.4 Å². The fourth-order valence-corrected chi connectivity index (χ4v) is 2.03. The molecule has 1 saturated heterocycles. The van der Waals surface area contributed by atoms with Crippen LogP contribution >= 0.6 is 0 Å². The summed E-state index contributed by atoms with van der Waals surface area (Å²) in [6, 6.07) is 0. The average Bonchev–Trinajstić information content (AvgIpc) is 2.18. The molecule has 1 aliphatic rings. The van der Waals surface area contributed by atoms with Gasteiger partial charge in [0.15, 0.2) is 0 Å². The Morgan fingerprint density at radius 3 is 2.77 bits per heavy atom.